The van der Waals surface area contributed by atoms with E-state index in [0.29, 0.717) is 19.0 Å². The summed E-state index contributed by atoms with van der Waals surface area (Å²) in [6.45, 7) is 13.2. The minimum Gasteiger partial charge on any atom is -0.461 e. The quantitative estimate of drug-likeness (QED) is 0.277. The predicted molar refractivity (Wildman–Crippen MR) is 170 cm³/mol. The fourth-order valence-electron chi connectivity index (χ4n) is 6.25. The number of anilines is 1. The summed E-state index contributed by atoms with van der Waals surface area (Å²) in [5, 5.41) is 6.05. The highest BCUT2D eigenvalue weighted by Crippen LogP contribution is 2.38. The van der Waals surface area contributed by atoms with E-state index in [4.69, 9.17) is 29.5 Å². The molecule has 3 aromatic heterocycles. The minimum absolute atomic E-state index is 0.161. The largest absolute Gasteiger partial charge is 0.461 e. The van der Waals surface area contributed by atoms with Gasteiger partial charge < -0.3 is 19.3 Å². The summed E-state index contributed by atoms with van der Waals surface area (Å²) in [6, 6.07) is 2.25. The molecule has 3 aromatic rings. The van der Waals surface area contributed by atoms with E-state index in [2.05, 4.69) is 23.4 Å². The predicted octanol–water partition coefficient (Wildman–Crippen LogP) is 6.53. The molecule has 0 aromatic carbocycles. The van der Waals surface area contributed by atoms with E-state index < -0.39 is 11.6 Å². The number of carbonyl (C=O) groups excluding carboxylic acids is 2. The number of rotatable bonds is 7. The lowest BCUT2D eigenvalue weighted by molar-refractivity contribution is 0.0205. The highest BCUT2D eigenvalue weighted by molar-refractivity contribution is 6.00. The molecule has 44 heavy (non-hydrogen) atoms. The molecule has 1 aliphatic heterocycles. The van der Waals surface area contributed by atoms with E-state index in [1.165, 1.54) is 6.42 Å². The molecule has 0 atom stereocenters. The second kappa shape index (κ2) is 13.1. The Balaban J connectivity index is 1.44. The number of hydrogen-bond acceptors (Lipinski definition) is 9. The molecule has 0 spiro atoms. The summed E-state index contributed by atoms with van der Waals surface area (Å²) < 4.78 is 13.0. The van der Waals surface area contributed by atoms with E-state index in [1.54, 1.807) is 17.9 Å². The van der Waals surface area contributed by atoms with Crippen LogP contribution in [0.4, 0.5) is 10.7 Å². The molecule has 11 nitrogen and oxygen atoms in total. The Hall–Kier alpha value is -3.76. The number of likely N-dealkylation sites (tertiary alicyclic amines) is 1. The fourth-order valence-corrected chi connectivity index (χ4v) is 6.25. The van der Waals surface area contributed by atoms with E-state index in [0.717, 1.165) is 66.4 Å². The average molecular weight is 606 g/mol. The summed E-state index contributed by atoms with van der Waals surface area (Å²) in [7, 11) is 2.00. The van der Waals surface area contributed by atoms with Crippen LogP contribution in [-0.2, 0) is 9.47 Å². The topological polar surface area (TPSA) is 116 Å². The minimum atomic E-state index is -0.512. The molecule has 0 radical (unpaired) electrons. The van der Waals surface area contributed by atoms with E-state index in [9.17, 15) is 9.59 Å². The Morgan fingerprint density at radius 3 is 2.30 bits per heavy atom. The summed E-state index contributed by atoms with van der Waals surface area (Å²) in [4.78, 5) is 43.7. The average Bonchev–Trinajstić information content (AvgIpc) is 3.40. The summed E-state index contributed by atoms with van der Waals surface area (Å²) >= 11 is 0. The number of piperidine rings is 1. The lowest BCUT2D eigenvalue weighted by atomic mass is 9.95. The van der Waals surface area contributed by atoms with Gasteiger partial charge in [-0.3, -0.25) is 0 Å². The van der Waals surface area contributed by atoms with Gasteiger partial charge in [-0.25, -0.2) is 29.2 Å². The van der Waals surface area contributed by atoms with Crippen molar-refractivity contribution in [1.29, 1.82) is 0 Å². The number of carbonyl (C=O) groups is 2. The van der Waals surface area contributed by atoms with Crippen molar-refractivity contribution in [1.82, 2.24) is 29.6 Å². The van der Waals surface area contributed by atoms with E-state index >= 15 is 0 Å². The molecule has 2 aliphatic rings. The molecule has 4 heterocycles. The van der Waals surface area contributed by atoms with Crippen molar-refractivity contribution in [3.8, 4) is 11.1 Å². The monoisotopic (exact) mass is 605 g/mol. The highest BCUT2D eigenvalue weighted by atomic mass is 16.6. The third-order valence-electron chi connectivity index (χ3n) is 8.57. The maximum atomic E-state index is 13.0. The molecule has 0 unspecified atom stereocenters. The van der Waals surface area contributed by atoms with Gasteiger partial charge in [-0.1, -0.05) is 33.1 Å². The summed E-state index contributed by atoms with van der Waals surface area (Å²) in [5.41, 5.74) is 3.07. The van der Waals surface area contributed by atoms with Crippen LogP contribution in [0.3, 0.4) is 0 Å². The van der Waals surface area contributed by atoms with E-state index in [-0.39, 0.29) is 36.4 Å². The van der Waals surface area contributed by atoms with Gasteiger partial charge in [0.25, 0.3) is 0 Å². The molecule has 5 rings (SSSR count). The fraction of sp³-hybridized carbons (Fsp3) is 0.636. The van der Waals surface area contributed by atoms with Crippen molar-refractivity contribution < 1.29 is 19.1 Å². The zero-order chi connectivity index (χ0) is 31.6. The van der Waals surface area contributed by atoms with Crippen LogP contribution >= 0.6 is 0 Å². The van der Waals surface area contributed by atoms with Crippen molar-refractivity contribution in [2.75, 3.05) is 31.6 Å². The molecule has 1 saturated heterocycles. The molecule has 1 amide bonds. The van der Waals surface area contributed by atoms with Crippen molar-refractivity contribution in [3.05, 3.63) is 29.8 Å². The Bertz CT molecular complexity index is 1460. The van der Waals surface area contributed by atoms with Gasteiger partial charge in [0.05, 0.1) is 23.7 Å². The van der Waals surface area contributed by atoms with Gasteiger partial charge >= 0.3 is 12.1 Å². The Labute approximate surface area is 260 Å². The molecule has 1 saturated carbocycles. The smallest absolute Gasteiger partial charge is 0.410 e. The van der Waals surface area contributed by atoms with Crippen LogP contribution in [0.2, 0.25) is 0 Å². The van der Waals surface area contributed by atoms with Crippen LogP contribution in [0.15, 0.2) is 18.5 Å². The summed E-state index contributed by atoms with van der Waals surface area (Å²) in [6.07, 6.45) is 10.6. The number of hydrogen-bond donors (Lipinski definition) is 0. The third-order valence-corrected chi connectivity index (χ3v) is 8.57. The van der Waals surface area contributed by atoms with Crippen LogP contribution in [0.1, 0.15) is 115 Å². The van der Waals surface area contributed by atoms with Gasteiger partial charge in [0, 0.05) is 49.7 Å². The number of esters is 1. The number of pyridine rings is 1. The molecular formula is C33H47N7O4. The lowest BCUT2D eigenvalue weighted by Crippen LogP contribution is -2.47. The normalized spacial score (nSPS) is 16.9. The van der Waals surface area contributed by atoms with Gasteiger partial charge in [0.2, 0.25) is 5.95 Å². The summed E-state index contributed by atoms with van der Waals surface area (Å²) in [5.74, 6) is 0.324. The molecule has 2 fully saturated rings. The van der Waals surface area contributed by atoms with Crippen molar-refractivity contribution in [2.24, 2.45) is 0 Å². The standard InChI is InChI=1S/C33H47N7O4/c1-8-43-30(41)26-18-25(27-28(21(2)3)37-40(29(27)36-26)24-12-10-9-11-13-24)22-19-34-31(35-20-22)38(7)23-14-16-39(17-15-23)32(42)44-33(4,5)6/h18-21,23-24H,8-17H2,1-7H3. The number of amides is 1. The highest BCUT2D eigenvalue weighted by Gasteiger charge is 2.30. The Morgan fingerprint density at radius 2 is 1.70 bits per heavy atom. The van der Waals surface area contributed by atoms with Crippen LogP contribution in [0, 0.1) is 0 Å². The lowest BCUT2D eigenvalue weighted by Gasteiger charge is -2.37. The second-order valence-electron chi connectivity index (χ2n) is 13.3. The number of ether oxygens (including phenoxy) is 2. The van der Waals surface area contributed by atoms with Crippen LogP contribution in [-0.4, -0.2) is 80.1 Å². The van der Waals surface area contributed by atoms with Crippen molar-refractivity contribution in [3.63, 3.8) is 0 Å². The van der Waals surface area contributed by atoms with E-state index in [1.807, 2.05) is 40.2 Å². The first kappa shape index (κ1) is 31.7. The molecule has 1 aliphatic carbocycles. The molecular weight excluding hydrogens is 558 g/mol. The van der Waals surface area contributed by atoms with Gasteiger partial charge in [0.1, 0.15) is 5.60 Å². The first-order chi connectivity index (χ1) is 21.0. The molecule has 11 heteroatoms. The number of fused-ring (bicyclic) bond motifs is 1. The zero-order valence-corrected chi connectivity index (χ0v) is 27.3. The van der Waals surface area contributed by atoms with Crippen LogP contribution in [0.5, 0.6) is 0 Å². The first-order valence-electron chi connectivity index (χ1n) is 16.1. The number of aromatic nitrogens is 5. The van der Waals surface area contributed by atoms with Crippen LogP contribution < -0.4 is 4.90 Å². The Kier molecular flexibility index (Phi) is 9.41. The SMILES string of the molecule is CCOC(=O)c1cc(-c2cnc(N(C)C3CCN(C(=O)OC(C)(C)C)CC3)nc2)c2c(C(C)C)nn(C3CCCCC3)c2n1. The van der Waals surface area contributed by atoms with Gasteiger partial charge in [-0.05, 0) is 65.4 Å². The van der Waals surface area contributed by atoms with Crippen molar-refractivity contribution in [2.45, 2.75) is 110 Å². The maximum absolute atomic E-state index is 13.0. The third kappa shape index (κ3) is 6.81. The molecule has 0 N–H and O–H groups in total. The van der Waals surface area contributed by atoms with Crippen molar-refractivity contribution >= 4 is 29.0 Å². The number of nitrogens with zero attached hydrogens (tertiary/aromatic N) is 7. The Morgan fingerprint density at radius 1 is 1.05 bits per heavy atom. The molecule has 238 valence electrons. The zero-order valence-electron chi connectivity index (χ0n) is 27.3. The van der Waals surface area contributed by atoms with Crippen LogP contribution in [0.25, 0.3) is 22.2 Å². The first-order valence-corrected chi connectivity index (χ1v) is 16.1. The van der Waals surface area contributed by atoms with Gasteiger partial charge in [-0.2, -0.15) is 5.10 Å². The molecule has 0 bridgehead atoms. The second-order valence-corrected chi connectivity index (χ2v) is 13.3. The van der Waals surface area contributed by atoms with Gasteiger partial charge in [-0.15, -0.1) is 0 Å². The van der Waals surface area contributed by atoms with Gasteiger partial charge in [0.15, 0.2) is 11.3 Å². The maximum Gasteiger partial charge on any atom is 0.410 e.